The van der Waals surface area contributed by atoms with E-state index in [1.807, 2.05) is 36.1 Å². The van der Waals surface area contributed by atoms with Crippen molar-refractivity contribution in [2.24, 2.45) is 0 Å². The standard InChI is InChI=1S/C13H18N2O2/c1-10-4-2-3-5-11(10)12(13(16)17)15-8-6-14-7-9-15/h2-5,12,14H,6-9H2,1H3,(H,16,17). The third-order valence-electron chi connectivity index (χ3n) is 3.23. The van der Waals surface area contributed by atoms with Crippen molar-refractivity contribution < 1.29 is 9.90 Å². The van der Waals surface area contributed by atoms with Crippen LogP contribution in [0.5, 0.6) is 0 Å². The van der Waals surface area contributed by atoms with Crippen molar-refractivity contribution in [2.45, 2.75) is 13.0 Å². The molecule has 1 aromatic rings. The molecule has 0 saturated carbocycles. The molecule has 1 aliphatic heterocycles. The molecule has 2 rings (SSSR count). The minimum Gasteiger partial charge on any atom is -0.480 e. The van der Waals surface area contributed by atoms with E-state index in [1.54, 1.807) is 0 Å². The summed E-state index contributed by atoms with van der Waals surface area (Å²) >= 11 is 0. The summed E-state index contributed by atoms with van der Waals surface area (Å²) < 4.78 is 0. The number of carboxylic acids is 1. The first kappa shape index (κ1) is 12.1. The van der Waals surface area contributed by atoms with E-state index in [0.717, 1.165) is 37.3 Å². The van der Waals surface area contributed by atoms with E-state index in [-0.39, 0.29) is 0 Å². The van der Waals surface area contributed by atoms with Crippen LogP contribution in [0.25, 0.3) is 0 Å². The molecule has 1 fully saturated rings. The maximum atomic E-state index is 11.5. The number of rotatable bonds is 3. The smallest absolute Gasteiger partial charge is 0.325 e. The van der Waals surface area contributed by atoms with Gasteiger partial charge in [-0.2, -0.15) is 0 Å². The Labute approximate surface area is 101 Å². The predicted octanol–water partition coefficient (Wildman–Crippen LogP) is 1.03. The van der Waals surface area contributed by atoms with Crippen molar-refractivity contribution in [3.63, 3.8) is 0 Å². The Hall–Kier alpha value is -1.39. The average molecular weight is 234 g/mol. The lowest BCUT2D eigenvalue weighted by Crippen LogP contribution is -2.47. The molecule has 1 aliphatic rings. The Kier molecular flexibility index (Phi) is 3.76. The molecule has 1 aromatic carbocycles. The first-order valence-electron chi connectivity index (χ1n) is 5.93. The fourth-order valence-electron chi connectivity index (χ4n) is 2.32. The van der Waals surface area contributed by atoms with E-state index < -0.39 is 12.0 Å². The largest absolute Gasteiger partial charge is 0.480 e. The molecule has 1 heterocycles. The van der Waals surface area contributed by atoms with E-state index in [4.69, 9.17) is 0 Å². The van der Waals surface area contributed by atoms with Crippen LogP contribution in [0.15, 0.2) is 24.3 Å². The second kappa shape index (κ2) is 5.29. The summed E-state index contributed by atoms with van der Waals surface area (Å²) in [5.41, 5.74) is 1.94. The number of piperazine rings is 1. The summed E-state index contributed by atoms with van der Waals surface area (Å²) in [7, 11) is 0. The zero-order valence-electron chi connectivity index (χ0n) is 10.0. The molecule has 1 unspecified atom stereocenters. The van der Waals surface area contributed by atoms with Gasteiger partial charge in [0.05, 0.1) is 0 Å². The van der Waals surface area contributed by atoms with Gasteiger partial charge in [0.2, 0.25) is 0 Å². The third kappa shape index (κ3) is 2.65. The second-order valence-electron chi connectivity index (χ2n) is 4.38. The van der Waals surface area contributed by atoms with Crippen LogP contribution in [0.2, 0.25) is 0 Å². The SMILES string of the molecule is Cc1ccccc1C(C(=O)O)N1CCNCC1. The number of nitrogens with zero attached hydrogens (tertiary/aromatic N) is 1. The highest BCUT2D eigenvalue weighted by Gasteiger charge is 2.29. The quantitative estimate of drug-likeness (QED) is 0.820. The van der Waals surface area contributed by atoms with Crippen molar-refractivity contribution in [3.8, 4) is 0 Å². The number of aliphatic carboxylic acids is 1. The topological polar surface area (TPSA) is 52.6 Å². The number of carboxylic acid groups (broad SMARTS) is 1. The highest BCUT2D eigenvalue weighted by atomic mass is 16.4. The van der Waals surface area contributed by atoms with Crippen LogP contribution in [-0.2, 0) is 4.79 Å². The molecule has 4 heteroatoms. The molecule has 0 spiro atoms. The summed E-state index contributed by atoms with van der Waals surface area (Å²) in [5.74, 6) is -0.763. The summed E-state index contributed by atoms with van der Waals surface area (Å²) in [6.45, 7) is 5.25. The molecule has 2 N–H and O–H groups in total. The van der Waals surface area contributed by atoms with Crippen molar-refractivity contribution in [1.29, 1.82) is 0 Å². The summed E-state index contributed by atoms with van der Waals surface area (Å²) in [4.78, 5) is 13.5. The van der Waals surface area contributed by atoms with Gasteiger partial charge in [0.25, 0.3) is 0 Å². The van der Waals surface area contributed by atoms with Gasteiger partial charge in [0.15, 0.2) is 0 Å². The van der Waals surface area contributed by atoms with Gasteiger partial charge in [-0.15, -0.1) is 0 Å². The van der Waals surface area contributed by atoms with E-state index in [0.29, 0.717) is 0 Å². The minimum atomic E-state index is -0.763. The van der Waals surface area contributed by atoms with Crippen LogP contribution in [-0.4, -0.2) is 42.2 Å². The molecule has 0 aliphatic carbocycles. The maximum absolute atomic E-state index is 11.5. The van der Waals surface area contributed by atoms with E-state index in [9.17, 15) is 9.90 Å². The molecule has 0 amide bonds. The molecule has 0 radical (unpaired) electrons. The third-order valence-corrected chi connectivity index (χ3v) is 3.23. The molecule has 0 bridgehead atoms. The van der Waals surface area contributed by atoms with Gasteiger partial charge >= 0.3 is 5.97 Å². The van der Waals surface area contributed by atoms with Crippen LogP contribution >= 0.6 is 0 Å². The molecule has 1 saturated heterocycles. The Morgan fingerprint density at radius 1 is 1.35 bits per heavy atom. The second-order valence-corrected chi connectivity index (χ2v) is 4.38. The van der Waals surface area contributed by atoms with E-state index in [2.05, 4.69) is 5.32 Å². The minimum absolute atomic E-state index is 0.515. The lowest BCUT2D eigenvalue weighted by Gasteiger charge is -2.33. The summed E-state index contributed by atoms with van der Waals surface area (Å²) in [5, 5.41) is 12.7. The Morgan fingerprint density at radius 2 is 2.00 bits per heavy atom. The lowest BCUT2D eigenvalue weighted by atomic mass is 9.99. The molecule has 4 nitrogen and oxygen atoms in total. The normalized spacial score (nSPS) is 18.9. The van der Waals surface area contributed by atoms with Crippen LogP contribution in [0.4, 0.5) is 0 Å². The fraction of sp³-hybridized carbons (Fsp3) is 0.462. The zero-order chi connectivity index (χ0) is 12.3. The number of hydrogen-bond acceptors (Lipinski definition) is 3. The Morgan fingerprint density at radius 3 is 2.59 bits per heavy atom. The number of nitrogens with one attached hydrogen (secondary N) is 1. The van der Waals surface area contributed by atoms with Crippen LogP contribution < -0.4 is 5.32 Å². The van der Waals surface area contributed by atoms with Gasteiger partial charge in [-0.3, -0.25) is 9.69 Å². The van der Waals surface area contributed by atoms with Gasteiger partial charge < -0.3 is 10.4 Å². The van der Waals surface area contributed by atoms with Crippen molar-refractivity contribution in [3.05, 3.63) is 35.4 Å². The summed E-state index contributed by atoms with van der Waals surface area (Å²) in [6, 6.07) is 7.21. The van der Waals surface area contributed by atoms with Crippen LogP contribution in [0.1, 0.15) is 17.2 Å². The highest BCUT2D eigenvalue weighted by Crippen LogP contribution is 2.24. The summed E-state index contributed by atoms with van der Waals surface area (Å²) in [6.07, 6.45) is 0. The van der Waals surface area contributed by atoms with E-state index >= 15 is 0 Å². The Bertz CT molecular complexity index is 400. The molecule has 0 aromatic heterocycles. The maximum Gasteiger partial charge on any atom is 0.325 e. The fourth-order valence-corrected chi connectivity index (χ4v) is 2.32. The van der Waals surface area contributed by atoms with Crippen LogP contribution in [0.3, 0.4) is 0 Å². The highest BCUT2D eigenvalue weighted by molar-refractivity contribution is 5.76. The zero-order valence-corrected chi connectivity index (χ0v) is 10.0. The van der Waals surface area contributed by atoms with Gasteiger partial charge in [-0.25, -0.2) is 0 Å². The molecular weight excluding hydrogens is 216 g/mol. The van der Waals surface area contributed by atoms with Gasteiger partial charge in [-0.1, -0.05) is 24.3 Å². The molecular formula is C13H18N2O2. The molecule has 1 atom stereocenters. The first-order chi connectivity index (χ1) is 8.20. The lowest BCUT2D eigenvalue weighted by molar-refractivity contribution is -0.143. The van der Waals surface area contributed by atoms with Crippen molar-refractivity contribution in [1.82, 2.24) is 10.2 Å². The number of benzene rings is 1. The number of aryl methyl sites for hydroxylation is 1. The first-order valence-corrected chi connectivity index (χ1v) is 5.93. The number of hydrogen-bond donors (Lipinski definition) is 2. The van der Waals surface area contributed by atoms with Gasteiger partial charge in [0, 0.05) is 26.2 Å². The van der Waals surface area contributed by atoms with Gasteiger partial charge in [-0.05, 0) is 18.1 Å². The number of carbonyl (C=O) groups is 1. The monoisotopic (exact) mass is 234 g/mol. The van der Waals surface area contributed by atoms with Crippen molar-refractivity contribution >= 4 is 5.97 Å². The predicted molar refractivity (Wildman–Crippen MR) is 66.0 cm³/mol. The van der Waals surface area contributed by atoms with Gasteiger partial charge in [0.1, 0.15) is 6.04 Å². The Balaban J connectivity index is 2.28. The van der Waals surface area contributed by atoms with E-state index in [1.165, 1.54) is 0 Å². The van der Waals surface area contributed by atoms with Crippen molar-refractivity contribution in [2.75, 3.05) is 26.2 Å². The van der Waals surface area contributed by atoms with Crippen LogP contribution in [0, 0.1) is 6.92 Å². The molecule has 17 heavy (non-hydrogen) atoms. The molecule has 92 valence electrons. The average Bonchev–Trinajstić information content (AvgIpc) is 2.33.